The van der Waals surface area contributed by atoms with Crippen LogP contribution in [0.4, 0.5) is 4.79 Å². The van der Waals surface area contributed by atoms with Gasteiger partial charge in [0.25, 0.3) is 0 Å². The Morgan fingerprint density at radius 1 is 0.742 bits per heavy atom. The Kier molecular flexibility index (Phi) is 6.11. The van der Waals surface area contributed by atoms with Gasteiger partial charge in [0.05, 0.1) is 0 Å². The number of carbonyl (C=O) groups excluding carboxylic acids is 1. The second kappa shape index (κ2) is 9.30. The summed E-state index contributed by atoms with van der Waals surface area (Å²) in [6.45, 7) is 0.330. The molecule has 0 spiro atoms. The molecule has 31 heavy (non-hydrogen) atoms. The molecule has 3 aromatic carbocycles. The molecule has 0 aromatic heterocycles. The monoisotopic (exact) mass is 415 g/mol. The third-order valence-corrected chi connectivity index (χ3v) is 7.37. The van der Waals surface area contributed by atoms with Crippen LogP contribution in [0.25, 0.3) is 21.5 Å². The van der Waals surface area contributed by atoms with Crippen LogP contribution in [0.5, 0.6) is 0 Å². The van der Waals surface area contributed by atoms with E-state index >= 15 is 0 Å². The Labute approximate surface area is 185 Å². The number of rotatable bonds is 4. The van der Waals surface area contributed by atoms with Gasteiger partial charge in [-0.15, -0.1) is 0 Å². The lowest BCUT2D eigenvalue weighted by Crippen LogP contribution is -2.49. The second-order valence-corrected chi connectivity index (χ2v) is 9.34. The average Bonchev–Trinajstić information content (AvgIpc) is 2.83. The van der Waals surface area contributed by atoms with Crippen molar-refractivity contribution in [1.29, 1.82) is 0 Å². The number of nitrogens with zero attached hydrogens (tertiary/aromatic N) is 1. The van der Waals surface area contributed by atoms with Crippen LogP contribution in [0.2, 0.25) is 0 Å². The smallest absolute Gasteiger partial charge is 0.410 e. The molecular formula is C28H33NO2. The molecular weight excluding hydrogens is 382 g/mol. The van der Waals surface area contributed by atoms with Crippen molar-refractivity contribution in [3.8, 4) is 0 Å². The van der Waals surface area contributed by atoms with Crippen LogP contribution < -0.4 is 0 Å². The van der Waals surface area contributed by atoms with Crippen LogP contribution in [0.3, 0.4) is 0 Å². The van der Waals surface area contributed by atoms with E-state index in [0.717, 1.165) is 31.2 Å². The highest BCUT2D eigenvalue weighted by atomic mass is 16.6. The van der Waals surface area contributed by atoms with E-state index in [1.807, 2.05) is 0 Å². The quantitative estimate of drug-likeness (QED) is 0.411. The van der Waals surface area contributed by atoms with Gasteiger partial charge >= 0.3 is 6.09 Å². The number of benzene rings is 3. The van der Waals surface area contributed by atoms with Gasteiger partial charge in [-0.25, -0.2) is 4.79 Å². The summed E-state index contributed by atoms with van der Waals surface area (Å²) in [5, 5.41) is 4.75. The van der Waals surface area contributed by atoms with E-state index in [4.69, 9.17) is 4.74 Å². The van der Waals surface area contributed by atoms with Crippen LogP contribution in [-0.2, 0) is 11.3 Å². The predicted octanol–water partition coefficient (Wildman–Crippen LogP) is 7.60. The van der Waals surface area contributed by atoms with E-state index in [0.29, 0.717) is 18.7 Å². The second-order valence-electron chi connectivity index (χ2n) is 9.34. The summed E-state index contributed by atoms with van der Waals surface area (Å²) in [6.07, 6.45) is 11.9. The molecule has 0 unspecified atom stereocenters. The Balaban J connectivity index is 1.43. The molecule has 2 fully saturated rings. The third-order valence-electron chi connectivity index (χ3n) is 7.37. The molecule has 162 valence electrons. The predicted molar refractivity (Wildman–Crippen MR) is 127 cm³/mol. The van der Waals surface area contributed by atoms with E-state index in [2.05, 4.69) is 59.5 Å². The Bertz CT molecular complexity index is 975. The van der Waals surface area contributed by atoms with Crippen LogP contribution in [0.1, 0.15) is 69.8 Å². The van der Waals surface area contributed by atoms with Crippen molar-refractivity contribution in [3.63, 3.8) is 0 Å². The summed E-state index contributed by atoms with van der Waals surface area (Å²) in [5.74, 6) is 0. The van der Waals surface area contributed by atoms with E-state index < -0.39 is 0 Å². The molecule has 0 N–H and O–H groups in total. The highest BCUT2D eigenvalue weighted by Gasteiger charge is 2.33. The molecule has 3 nitrogen and oxygen atoms in total. The number of carbonyl (C=O) groups is 1. The molecule has 0 saturated heterocycles. The first-order valence-corrected chi connectivity index (χ1v) is 12.2. The first-order valence-electron chi connectivity index (χ1n) is 12.2. The largest absolute Gasteiger partial charge is 0.444 e. The maximum atomic E-state index is 13.5. The van der Waals surface area contributed by atoms with Crippen LogP contribution in [-0.4, -0.2) is 23.1 Å². The maximum absolute atomic E-state index is 13.5. The van der Waals surface area contributed by atoms with Crippen LogP contribution in [0.15, 0.2) is 54.6 Å². The summed E-state index contributed by atoms with van der Waals surface area (Å²) < 4.78 is 6.10. The number of ether oxygens (including phenoxy) is 1. The maximum Gasteiger partial charge on any atom is 0.410 e. The minimum atomic E-state index is -0.101. The van der Waals surface area contributed by atoms with Gasteiger partial charge in [-0.1, -0.05) is 87.1 Å². The van der Waals surface area contributed by atoms with Crippen molar-refractivity contribution in [1.82, 2.24) is 4.90 Å². The minimum absolute atomic E-state index is 0.101. The molecule has 0 radical (unpaired) electrons. The van der Waals surface area contributed by atoms with E-state index in [9.17, 15) is 4.79 Å². The molecule has 0 bridgehead atoms. The van der Waals surface area contributed by atoms with Gasteiger partial charge in [0.1, 0.15) is 6.61 Å². The Morgan fingerprint density at radius 3 is 1.74 bits per heavy atom. The SMILES string of the molecule is O=C(OCc1c2ccccc2cc2ccccc12)N(C1CCCCC1)C1CCCCC1. The van der Waals surface area contributed by atoms with Crippen molar-refractivity contribution in [2.45, 2.75) is 82.9 Å². The molecule has 0 heterocycles. The minimum Gasteiger partial charge on any atom is -0.444 e. The van der Waals surface area contributed by atoms with E-state index in [-0.39, 0.29) is 6.09 Å². The van der Waals surface area contributed by atoms with E-state index in [1.165, 1.54) is 60.1 Å². The van der Waals surface area contributed by atoms with Crippen molar-refractivity contribution in [3.05, 3.63) is 60.2 Å². The highest BCUT2D eigenvalue weighted by Crippen LogP contribution is 2.32. The van der Waals surface area contributed by atoms with Gasteiger partial charge in [-0.2, -0.15) is 0 Å². The normalized spacial score (nSPS) is 18.3. The molecule has 3 aromatic rings. The van der Waals surface area contributed by atoms with Crippen molar-refractivity contribution >= 4 is 27.6 Å². The van der Waals surface area contributed by atoms with Crippen LogP contribution in [0, 0.1) is 0 Å². The molecule has 1 amide bonds. The summed E-state index contributed by atoms with van der Waals surface area (Å²) >= 11 is 0. The number of fused-ring (bicyclic) bond motifs is 2. The lowest BCUT2D eigenvalue weighted by molar-refractivity contribution is 0.0420. The fraction of sp³-hybridized carbons (Fsp3) is 0.464. The summed E-state index contributed by atoms with van der Waals surface area (Å²) in [6, 6.07) is 19.8. The zero-order valence-electron chi connectivity index (χ0n) is 18.4. The average molecular weight is 416 g/mol. The summed E-state index contributed by atoms with van der Waals surface area (Å²) in [4.78, 5) is 15.6. The van der Waals surface area contributed by atoms with Gasteiger partial charge in [0, 0.05) is 17.6 Å². The van der Waals surface area contributed by atoms with Gasteiger partial charge in [0.15, 0.2) is 0 Å². The molecule has 0 aliphatic heterocycles. The van der Waals surface area contributed by atoms with Gasteiger partial charge in [0.2, 0.25) is 0 Å². The number of amides is 1. The topological polar surface area (TPSA) is 29.5 Å². The molecule has 2 aliphatic rings. The fourth-order valence-corrected chi connectivity index (χ4v) is 5.79. The zero-order chi connectivity index (χ0) is 21.0. The van der Waals surface area contributed by atoms with Crippen molar-refractivity contribution in [2.75, 3.05) is 0 Å². The van der Waals surface area contributed by atoms with Gasteiger partial charge in [-0.3, -0.25) is 0 Å². The lowest BCUT2D eigenvalue weighted by Gasteiger charge is -2.40. The standard InChI is InChI=1S/C28H33NO2/c30-28(29(23-13-3-1-4-14-23)24-15-5-2-6-16-24)31-20-27-25-17-9-7-11-21(25)19-22-12-8-10-18-26(22)27/h7-12,17-19,23-24H,1-6,13-16,20H2. The molecule has 2 aliphatic carbocycles. The first-order chi connectivity index (χ1) is 15.3. The van der Waals surface area contributed by atoms with Crippen LogP contribution >= 0.6 is 0 Å². The lowest BCUT2D eigenvalue weighted by atomic mass is 9.89. The fourth-order valence-electron chi connectivity index (χ4n) is 5.79. The van der Waals surface area contributed by atoms with E-state index in [1.54, 1.807) is 0 Å². The number of hydrogen-bond acceptors (Lipinski definition) is 2. The van der Waals surface area contributed by atoms with Gasteiger partial charge in [-0.05, 0) is 53.3 Å². The van der Waals surface area contributed by atoms with Gasteiger partial charge < -0.3 is 9.64 Å². The molecule has 0 atom stereocenters. The third kappa shape index (κ3) is 4.28. The summed E-state index contributed by atoms with van der Waals surface area (Å²) in [5.41, 5.74) is 1.12. The first kappa shape index (κ1) is 20.4. The van der Waals surface area contributed by atoms with Crippen molar-refractivity contribution < 1.29 is 9.53 Å². The Morgan fingerprint density at radius 2 is 1.23 bits per heavy atom. The van der Waals surface area contributed by atoms with Crippen molar-refractivity contribution in [2.24, 2.45) is 0 Å². The molecule has 5 rings (SSSR count). The molecule has 3 heteroatoms. The zero-order valence-corrected chi connectivity index (χ0v) is 18.4. The Hall–Kier alpha value is -2.55. The highest BCUT2D eigenvalue weighted by molar-refractivity contribution is 6.02. The number of hydrogen-bond donors (Lipinski definition) is 0. The molecule has 2 saturated carbocycles. The summed E-state index contributed by atoms with van der Waals surface area (Å²) in [7, 11) is 0.